The summed E-state index contributed by atoms with van der Waals surface area (Å²) in [6.07, 6.45) is 0. The minimum Gasteiger partial charge on any atom is -0.465 e. The van der Waals surface area contributed by atoms with Gasteiger partial charge in [0.1, 0.15) is 11.5 Å². The van der Waals surface area contributed by atoms with Crippen molar-refractivity contribution in [2.75, 3.05) is 0 Å². The molecule has 0 amide bonds. The topological polar surface area (TPSA) is 25.2 Å². The Morgan fingerprint density at radius 1 is 1.20 bits per heavy atom. The van der Waals surface area contributed by atoms with Gasteiger partial charge in [0.2, 0.25) is 0 Å². The van der Waals surface area contributed by atoms with Gasteiger partial charge in [0.15, 0.2) is 0 Å². The van der Waals surface area contributed by atoms with Crippen LogP contribution in [0.2, 0.25) is 0 Å². The maximum atomic E-state index is 5.47. The number of furan rings is 1. The molecule has 0 aliphatic carbocycles. The molecule has 0 atom stereocenters. The number of aryl methyl sites for hydroxylation is 2. The number of nitrogens with one attached hydrogen (secondary N) is 1. The van der Waals surface area contributed by atoms with Crippen molar-refractivity contribution in [2.45, 2.75) is 26.9 Å². The first-order valence-electron chi connectivity index (χ1n) is 5.03. The predicted octanol–water partition coefficient (Wildman–Crippen LogP) is 3.25. The maximum Gasteiger partial charge on any atom is 0.117 e. The van der Waals surface area contributed by atoms with E-state index in [1.807, 2.05) is 19.1 Å². The van der Waals surface area contributed by atoms with Gasteiger partial charge in [-0.05, 0) is 47.9 Å². The quantitative estimate of drug-likeness (QED) is 0.857. The minimum absolute atomic E-state index is 0.795. The second kappa shape index (κ2) is 4.64. The van der Waals surface area contributed by atoms with Gasteiger partial charge >= 0.3 is 0 Å². The molecule has 2 nitrogen and oxygen atoms in total. The molecule has 2 aromatic rings. The molecule has 0 aliphatic rings. The molecule has 3 heteroatoms. The van der Waals surface area contributed by atoms with E-state index in [0.717, 1.165) is 24.6 Å². The summed E-state index contributed by atoms with van der Waals surface area (Å²) in [6.45, 7) is 5.81. The van der Waals surface area contributed by atoms with E-state index >= 15 is 0 Å². The molecule has 1 N–H and O–H groups in total. The van der Waals surface area contributed by atoms with Crippen molar-refractivity contribution in [3.05, 3.63) is 45.5 Å². The summed E-state index contributed by atoms with van der Waals surface area (Å²) in [5.74, 6) is 1.97. The summed E-state index contributed by atoms with van der Waals surface area (Å²) in [5, 5.41) is 7.74. The molecule has 0 aromatic carbocycles. The molecule has 0 bridgehead atoms. The SMILES string of the molecule is Cc1ccc(CNCc2cscc2C)o1. The lowest BCUT2D eigenvalue weighted by atomic mass is 10.2. The van der Waals surface area contributed by atoms with Crippen LogP contribution >= 0.6 is 11.3 Å². The van der Waals surface area contributed by atoms with Crippen LogP contribution in [0.25, 0.3) is 0 Å². The molecule has 0 unspecified atom stereocenters. The lowest BCUT2D eigenvalue weighted by molar-refractivity contribution is 0.461. The van der Waals surface area contributed by atoms with Gasteiger partial charge in [-0.15, -0.1) is 0 Å². The van der Waals surface area contributed by atoms with E-state index in [0.29, 0.717) is 0 Å². The molecule has 2 rings (SSSR count). The van der Waals surface area contributed by atoms with Crippen molar-refractivity contribution in [2.24, 2.45) is 0 Å². The van der Waals surface area contributed by atoms with Crippen molar-refractivity contribution >= 4 is 11.3 Å². The zero-order valence-electron chi connectivity index (χ0n) is 9.04. The minimum atomic E-state index is 0.795. The Kier molecular flexibility index (Phi) is 3.23. The smallest absolute Gasteiger partial charge is 0.117 e. The van der Waals surface area contributed by atoms with E-state index in [4.69, 9.17) is 4.42 Å². The van der Waals surface area contributed by atoms with E-state index < -0.39 is 0 Å². The number of thiophene rings is 1. The third kappa shape index (κ3) is 2.70. The van der Waals surface area contributed by atoms with Gasteiger partial charge in [-0.2, -0.15) is 11.3 Å². The van der Waals surface area contributed by atoms with Crippen molar-refractivity contribution in [3.8, 4) is 0 Å². The van der Waals surface area contributed by atoms with Crippen LogP contribution in [0, 0.1) is 13.8 Å². The molecule has 0 radical (unpaired) electrons. The molecule has 2 aromatic heterocycles. The van der Waals surface area contributed by atoms with Crippen LogP contribution < -0.4 is 5.32 Å². The van der Waals surface area contributed by atoms with Crippen LogP contribution in [0.5, 0.6) is 0 Å². The summed E-state index contributed by atoms with van der Waals surface area (Å²) in [4.78, 5) is 0. The molecule has 0 saturated carbocycles. The number of rotatable bonds is 4. The standard InChI is InChI=1S/C12H15NOS/c1-9-7-15-8-11(9)5-13-6-12-4-3-10(2)14-12/h3-4,7-8,13H,5-6H2,1-2H3. The van der Waals surface area contributed by atoms with E-state index in [1.54, 1.807) is 11.3 Å². The van der Waals surface area contributed by atoms with E-state index in [2.05, 4.69) is 23.0 Å². The van der Waals surface area contributed by atoms with Crippen LogP contribution in [-0.4, -0.2) is 0 Å². The molecule has 0 saturated heterocycles. The first-order valence-corrected chi connectivity index (χ1v) is 5.97. The second-order valence-corrected chi connectivity index (χ2v) is 4.44. The molecule has 2 heterocycles. The molecule has 0 fully saturated rings. The number of hydrogen-bond donors (Lipinski definition) is 1. The summed E-state index contributed by atoms with van der Waals surface area (Å²) < 4.78 is 5.47. The lowest BCUT2D eigenvalue weighted by Gasteiger charge is -2.01. The predicted molar refractivity (Wildman–Crippen MR) is 63.0 cm³/mol. The maximum absolute atomic E-state index is 5.47. The second-order valence-electron chi connectivity index (χ2n) is 3.70. The van der Waals surface area contributed by atoms with Crippen molar-refractivity contribution in [1.29, 1.82) is 0 Å². The van der Waals surface area contributed by atoms with Gasteiger partial charge in [-0.1, -0.05) is 0 Å². The third-order valence-corrected chi connectivity index (χ3v) is 3.28. The Balaban J connectivity index is 1.83. The molecule has 80 valence electrons. The van der Waals surface area contributed by atoms with Gasteiger partial charge in [-0.3, -0.25) is 0 Å². The zero-order chi connectivity index (χ0) is 10.7. The summed E-state index contributed by atoms with van der Waals surface area (Å²) in [6, 6.07) is 4.01. The van der Waals surface area contributed by atoms with Gasteiger partial charge in [0, 0.05) is 6.54 Å². The summed E-state index contributed by atoms with van der Waals surface area (Å²) in [5.41, 5.74) is 2.74. The Morgan fingerprint density at radius 2 is 2.07 bits per heavy atom. The van der Waals surface area contributed by atoms with E-state index in [1.165, 1.54) is 11.1 Å². The normalized spacial score (nSPS) is 10.8. The van der Waals surface area contributed by atoms with E-state index in [-0.39, 0.29) is 0 Å². The first kappa shape index (κ1) is 10.5. The molecule has 15 heavy (non-hydrogen) atoms. The molecular formula is C12H15NOS. The molecule has 0 spiro atoms. The summed E-state index contributed by atoms with van der Waals surface area (Å²) >= 11 is 1.75. The van der Waals surface area contributed by atoms with Crippen LogP contribution in [0.15, 0.2) is 27.3 Å². The lowest BCUT2D eigenvalue weighted by Crippen LogP contribution is -2.12. The third-order valence-electron chi connectivity index (χ3n) is 2.37. The largest absolute Gasteiger partial charge is 0.465 e. The molecular weight excluding hydrogens is 206 g/mol. The fraction of sp³-hybridized carbons (Fsp3) is 0.333. The van der Waals surface area contributed by atoms with Crippen LogP contribution in [0.3, 0.4) is 0 Å². The van der Waals surface area contributed by atoms with E-state index in [9.17, 15) is 0 Å². The van der Waals surface area contributed by atoms with Gasteiger partial charge in [0.05, 0.1) is 6.54 Å². The number of hydrogen-bond acceptors (Lipinski definition) is 3. The highest BCUT2D eigenvalue weighted by Gasteiger charge is 2.00. The van der Waals surface area contributed by atoms with Crippen LogP contribution in [0.1, 0.15) is 22.6 Å². The van der Waals surface area contributed by atoms with Crippen LogP contribution in [0.4, 0.5) is 0 Å². The van der Waals surface area contributed by atoms with Gasteiger partial charge < -0.3 is 9.73 Å². The Bertz CT molecular complexity index is 430. The average molecular weight is 221 g/mol. The van der Waals surface area contributed by atoms with Crippen molar-refractivity contribution < 1.29 is 4.42 Å². The van der Waals surface area contributed by atoms with Crippen LogP contribution in [-0.2, 0) is 13.1 Å². The molecule has 0 aliphatic heterocycles. The fourth-order valence-electron chi connectivity index (χ4n) is 1.47. The Hall–Kier alpha value is -1.06. The fourth-order valence-corrected chi connectivity index (χ4v) is 2.33. The Morgan fingerprint density at radius 3 is 2.67 bits per heavy atom. The van der Waals surface area contributed by atoms with Crippen molar-refractivity contribution in [1.82, 2.24) is 5.32 Å². The first-order chi connectivity index (χ1) is 7.25. The highest BCUT2D eigenvalue weighted by atomic mass is 32.1. The highest BCUT2D eigenvalue weighted by molar-refractivity contribution is 7.08. The van der Waals surface area contributed by atoms with Gasteiger partial charge in [-0.25, -0.2) is 0 Å². The van der Waals surface area contributed by atoms with Gasteiger partial charge in [0.25, 0.3) is 0 Å². The zero-order valence-corrected chi connectivity index (χ0v) is 9.86. The summed E-state index contributed by atoms with van der Waals surface area (Å²) in [7, 11) is 0. The average Bonchev–Trinajstić information content (AvgIpc) is 2.77. The highest BCUT2D eigenvalue weighted by Crippen LogP contribution is 2.13. The monoisotopic (exact) mass is 221 g/mol. The Labute approximate surface area is 93.9 Å². The van der Waals surface area contributed by atoms with Crippen molar-refractivity contribution in [3.63, 3.8) is 0 Å².